The van der Waals surface area contributed by atoms with Crippen LogP contribution in [0.25, 0.3) is 21.0 Å². The van der Waals surface area contributed by atoms with Crippen molar-refractivity contribution in [1.82, 2.24) is 10.3 Å². The molecule has 3 heteroatoms. The number of thiophene rings is 1. The molecule has 1 aliphatic heterocycles. The Morgan fingerprint density at radius 2 is 2.08 bits per heavy atom. The van der Waals surface area contributed by atoms with Crippen LogP contribution < -0.4 is 5.32 Å². The molecule has 0 aliphatic carbocycles. The van der Waals surface area contributed by atoms with Gasteiger partial charge in [-0.3, -0.25) is 0 Å². The Kier molecular flexibility index (Phi) is 3.47. The number of nitrogens with one attached hydrogen (secondary N) is 2. The summed E-state index contributed by atoms with van der Waals surface area (Å²) in [5.41, 5.74) is 6.94. The second-order valence-corrected chi connectivity index (χ2v) is 8.14. The molecule has 0 bridgehead atoms. The van der Waals surface area contributed by atoms with Gasteiger partial charge in [-0.1, -0.05) is 36.8 Å². The minimum Gasteiger partial charge on any atom is -0.357 e. The van der Waals surface area contributed by atoms with E-state index in [1.54, 1.807) is 0 Å². The molecule has 2 N–H and O–H groups in total. The highest BCUT2D eigenvalue weighted by molar-refractivity contribution is 7.17. The summed E-state index contributed by atoms with van der Waals surface area (Å²) in [6.45, 7) is 5.58. The van der Waals surface area contributed by atoms with Crippen LogP contribution in [-0.2, 0) is 6.42 Å². The molecule has 2 unspecified atom stereocenters. The number of aryl methyl sites for hydroxylation is 1. The van der Waals surface area contributed by atoms with Crippen molar-refractivity contribution in [3.63, 3.8) is 0 Å². The van der Waals surface area contributed by atoms with Gasteiger partial charge in [0.1, 0.15) is 0 Å². The third-order valence-corrected chi connectivity index (χ3v) is 6.62. The zero-order valence-electron chi connectivity index (χ0n) is 14.6. The monoisotopic (exact) mass is 346 g/mol. The van der Waals surface area contributed by atoms with Crippen LogP contribution in [0, 0.1) is 6.92 Å². The third kappa shape index (κ3) is 2.34. The highest BCUT2D eigenvalue weighted by atomic mass is 32.1. The van der Waals surface area contributed by atoms with Gasteiger partial charge in [-0.15, -0.1) is 11.3 Å². The van der Waals surface area contributed by atoms with E-state index in [0.717, 1.165) is 13.0 Å². The average molecular weight is 346 g/mol. The van der Waals surface area contributed by atoms with E-state index < -0.39 is 0 Å². The first-order valence-electron chi connectivity index (χ1n) is 9.03. The van der Waals surface area contributed by atoms with Crippen molar-refractivity contribution in [1.29, 1.82) is 0 Å². The molecule has 0 spiro atoms. The van der Waals surface area contributed by atoms with Crippen LogP contribution in [0.4, 0.5) is 0 Å². The maximum Gasteiger partial charge on any atom is 0.0543 e. The van der Waals surface area contributed by atoms with Gasteiger partial charge in [-0.05, 0) is 60.0 Å². The summed E-state index contributed by atoms with van der Waals surface area (Å²) in [6, 6.07) is 16.0. The Morgan fingerprint density at radius 1 is 1.16 bits per heavy atom. The van der Waals surface area contributed by atoms with Gasteiger partial charge in [-0.25, -0.2) is 0 Å². The molecule has 2 aromatic heterocycles. The number of benzene rings is 2. The van der Waals surface area contributed by atoms with E-state index in [2.05, 4.69) is 72.0 Å². The number of aromatic nitrogens is 1. The lowest BCUT2D eigenvalue weighted by Gasteiger charge is -2.30. The molecule has 0 amide bonds. The summed E-state index contributed by atoms with van der Waals surface area (Å²) in [5.74, 6) is 0.426. The first kappa shape index (κ1) is 15.2. The molecule has 0 saturated heterocycles. The fraction of sp³-hybridized carbons (Fsp3) is 0.273. The molecule has 0 saturated carbocycles. The predicted octanol–water partition coefficient (Wildman–Crippen LogP) is 5.68. The van der Waals surface area contributed by atoms with Gasteiger partial charge in [-0.2, -0.15) is 0 Å². The van der Waals surface area contributed by atoms with E-state index in [1.165, 1.54) is 43.4 Å². The molecule has 1 aliphatic rings. The Morgan fingerprint density at radius 3 is 3.00 bits per heavy atom. The number of aromatic amines is 1. The Balaban J connectivity index is 1.64. The van der Waals surface area contributed by atoms with Gasteiger partial charge in [0.25, 0.3) is 0 Å². The number of rotatable bonds is 2. The lowest BCUT2D eigenvalue weighted by Crippen LogP contribution is -2.33. The summed E-state index contributed by atoms with van der Waals surface area (Å²) in [5, 5.41) is 8.74. The van der Waals surface area contributed by atoms with Crippen LogP contribution in [0.3, 0.4) is 0 Å². The zero-order chi connectivity index (χ0) is 17.0. The molecule has 0 fully saturated rings. The maximum atomic E-state index is 3.78. The maximum absolute atomic E-state index is 3.78. The van der Waals surface area contributed by atoms with E-state index in [-0.39, 0.29) is 0 Å². The van der Waals surface area contributed by atoms with Gasteiger partial charge in [0.2, 0.25) is 0 Å². The van der Waals surface area contributed by atoms with Crippen molar-refractivity contribution in [3.05, 3.63) is 70.2 Å². The number of fused-ring (bicyclic) bond motifs is 4. The Hall–Kier alpha value is -2.10. The summed E-state index contributed by atoms with van der Waals surface area (Å²) < 4.78 is 1.43. The van der Waals surface area contributed by atoms with Crippen molar-refractivity contribution >= 4 is 32.3 Å². The molecule has 4 aromatic rings. The average Bonchev–Trinajstić information content (AvgIpc) is 3.24. The van der Waals surface area contributed by atoms with E-state index in [4.69, 9.17) is 0 Å². The Labute approximate surface area is 151 Å². The molecule has 2 nitrogen and oxygen atoms in total. The predicted molar refractivity (Wildman–Crippen MR) is 108 cm³/mol. The van der Waals surface area contributed by atoms with Crippen molar-refractivity contribution < 1.29 is 0 Å². The molecular formula is C22H22N2S. The quantitative estimate of drug-likeness (QED) is 0.480. The van der Waals surface area contributed by atoms with Gasteiger partial charge < -0.3 is 10.3 Å². The molecule has 126 valence electrons. The zero-order valence-corrected chi connectivity index (χ0v) is 15.4. The number of H-pyrrole nitrogens is 1. The second kappa shape index (κ2) is 5.72. The van der Waals surface area contributed by atoms with Gasteiger partial charge in [0.05, 0.1) is 6.04 Å². The molecule has 25 heavy (non-hydrogen) atoms. The van der Waals surface area contributed by atoms with E-state index in [1.807, 2.05) is 11.3 Å². The van der Waals surface area contributed by atoms with Crippen molar-refractivity contribution in [2.45, 2.75) is 32.2 Å². The Bertz CT molecular complexity index is 1070. The lowest BCUT2D eigenvalue weighted by molar-refractivity contribution is 0.440. The first-order chi connectivity index (χ1) is 12.2. The fourth-order valence-corrected chi connectivity index (χ4v) is 5.37. The fourth-order valence-electron chi connectivity index (χ4n) is 4.35. The second-order valence-electron chi connectivity index (χ2n) is 7.22. The topological polar surface area (TPSA) is 27.8 Å². The summed E-state index contributed by atoms with van der Waals surface area (Å²) >= 11 is 1.86. The van der Waals surface area contributed by atoms with Crippen LogP contribution in [0.15, 0.2) is 47.8 Å². The minimum absolute atomic E-state index is 0.337. The number of hydrogen-bond acceptors (Lipinski definition) is 2. The van der Waals surface area contributed by atoms with Gasteiger partial charge in [0.15, 0.2) is 0 Å². The van der Waals surface area contributed by atoms with Crippen LogP contribution in [0.1, 0.15) is 41.3 Å². The van der Waals surface area contributed by atoms with Crippen LogP contribution >= 0.6 is 11.3 Å². The third-order valence-electron chi connectivity index (χ3n) is 5.64. The van der Waals surface area contributed by atoms with Crippen LogP contribution in [0.2, 0.25) is 0 Å². The molecular weight excluding hydrogens is 324 g/mol. The summed E-state index contributed by atoms with van der Waals surface area (Å²) in [6.07, 6.45) is 1.10. The highest BCUT2D eigenvalue weighted by Crippen LogP contribution is 2.40. The van der Waals surface area contributed by atoms with E-state index >= 15 is 0 Å². The largest absolute Gasteiger partial charge is 0.357 e. The smallest absolute Gasteiger partial charge is 0.0543 e. The molecule has 5 rings (SSSR count). The van der Waals surface area contributed by atoms with Crippen LogP contribution in [0.5, 0.6) is 0 Å². The normalized spacial score (nSPS) is 18.6. The van der Waals surface area contributed by atoms with E-state index in [0.29, 0.717) is 12.0 Å². The first-order valence-corrected chi connectivity index (χ1v) is 9.91. The molecule has 2 atom stereocenters. The van der Waals surface area contributed by atoms with Crippen molar-refractivity contribution in [2.75, 3.05) is 6.54 Å². The van der Waals surface area contributed by atoms with Gasteiger partial charge in [0, 0.05) is 27.2 Å². The van der Waals surface area contributed by atoms with Crippen molar-refractivity contribution in [2.24, 2.45) is 0 Å². The van der Waals surface area contributed by atoms with Gasteiger partial charge >= 0.3 is 0 Å². The van der Waals surface area contributed by atoms with Crippen molar-refractivity contribution in [3.8, 4) is 0 Å². The standard InChI is InChI=1S/C22H22N2S/c1-13-6-7-19-18(12-13)17-8-10-23-20(21(17)24-19)14(2)16-5-3-4-15-9-11-25-22(15)16/h3-7,9,11-12,14,20,23-24H,8,10H2,1-2H3. The SMILES string of the molecule is Cc1ccc2[nH]c3c(c2c1)CCNC3C(C)c1cccc2ccsc12. The minimum atomic E-state index is 0.337. The number of hydrogen-bond donors (Lipinski definition) is 2. The lowest BCUT2D eigenvalue weighted by atomic mass is 9.86. The summed E-state index contributed by atoms with van der Waals surface area (Å²) in [7, 11) is 0. The summed E-state index contributed by atoms with van der Waals surface area (Å²) in [4.78, 5) is 3.73. The molecule has 0 radical (unpaired) electrons. The highest BCUT2D eigenvalue weighted by Gasteiger charge is 2.29. The molecule has 3 heterocycles. The molecule has 2 aromatic carbocycles. The van der Waals surface area contributed by atoms with E-state index in [9.17, 15) is 0 Å². The van der Waals surface area contributed by atoms with Crippen LogP contribution in [-0.4, -0.2) is 11.5 Å².